The first-order chi connectivity index (χ1) is 23.4. The van der Waals surface area contributed by atoms with Crippen LogP contribution in [0.3, 0.4) is 0 Å². The minimum absolute atomic E-state index is 0.0769. The molecule has 48 heavy (non-hydrogen) atoms. The van der Waals surface area contributed by atoms with Gasteiger partial charge in [-0.05, 0) is 54.2 Å². The summed E-state index contributed by atoms with van der Waals surface area (Å²) in [5.74, 6) is 0. The smallest absolute Gasteiger partial charge is 0.297 e. The van der Waals surface area contributed by atoms with Crippen molar-refractivity contribution in [2.24, 2.45) is 0 Å². The van der Waals surface area contributed by atoms with Gasteiger partial charge in [-0.15, -0.1) is 0 Å². The van der Waals surface area contributed by atoms with Gasteiger partial charge in [0.05, 0.1) is 29.2 Å². The number of aliphatic hydroxyl groups is 1. The van der Waals surface area contributed by atoms with Gasteiger partial charge in [-0.1, -0.05) is 139 Å². The average Bonchev–Trinajstić information content (AvgIpc) is 3.76. The van der Waals surface area contributed by atoms with E-state index >= 15 is 0 Å². The number of aryl methyl sites for hydroxylation is 1. The monoisotopic (exact) mass is 660 g/mol. The number of β-amino-alcohol motifs (C(OH)–C–C–N with tert-alkyl or cyclic N) is 1. The minimum Gasteiger partial charge on any atom is -0.392 e. The highest BCUT2D eigenvalue weighted by Gasteiger charge is 2.34. The zero-order valence-electron chi connectivity index (χ0n) is 27.4. The molecule has 0 amide bonds. The lowest BCUT2D eigenvalue weighted by Gasteiger charge is -2.28. The van der Waals surface area contributed by atoms with E-state index in [1.54, 1.807) is 24.3 Å². The fraction of sp³-hybridized carbons (Fsp3) is 0.268. The molecule has 0 aliphatic carbocycles. The third-order valence-electron chi connectivity index (χ3n) is 9.14. The van der Waals surface area contributed by atoms with E-state index in [1.807, 2.05) is 55.5 Å². The number of likely N-dealkylation sites (tertiary alicyclic amines) is 2. The van der Waals surface area contributed by atoms with Crippen LogP contribution in [-0.2, 0) is 14.3 Å². The van der Waals surface area contributed by atoms with E-state index in [0.717, 1.165) is 31.6 Å². The predicted molar refractivity (Wildman–Crippen MR) is 191 cm³/mol. The Kier molecular flexibility index (Phi) is 11.2. The molecule has 0 aromatic heterocycles. The van der Waals surface area contributed by atoms with Crippen molar-refractivity contribution < 1.29 is 17.7 Å². The van der Waals surface area contributed by atoms with E-state index in [9.17, 15) is 13.5 Å². The van der Waals surface area contributed by atoms with E-state index < -0.39 is 10.1 Å². The van der Waals surface area contributed by atoms with Crippen LogP contribution < -0.4 is 0 Å². The molecule has 2 aliphatic rings. The number of nitrogens with zero attached hydrogens (tertiary/aromatic N) is 2. The minimum atomic E-state index is -3.77. The van der Waals surface area contributed by atoms with Crippen LogP contribution in [0.5, 0.6) is 0 Å². The Morgan fingerprint density at radius 3 is 1.38 bits per heavy atom. The van der Waals surface area contributed by atoms with Crippen molar-refractivity contribution >= 4 is 10.1 Å². The van der Waals surface area contributed by atoms with Crippen molar-refractivity contribution in [3.63, 3.8) is 0 Å². The van der Waals surface area contributed by atoms with E-state index in [4.69, 9.17) is 4.18 Å². The molecule has 2 saturated heterocycles. The van der Waals surface area contributed by atoms with Gasteiger partial charge in [0.25, 0.3) is 10.1 Å². The summed E-state index contributed by atoms with van der Waals surface area (Å²) in [6.45, 7) is 4.99. The Labute approximate surface area is 285 Å². The highest BCUT2D eigenvalue weighted by Crippen LogP contribution is 2.34. The van der Waals surface area contributed by atoms with Gasteiger partial charge in [0.15, 0.2) is 0 Å². The Morgan fingerprint density at radius 1 is 0.583 bits per heavy atom. The lowest BCUT2D eigenvalue weighted by molar-refractivity contribution is 0.167. The molecule has 2 fully saturated rings. The fourth-order valence-corrected chi connectivity index (χ4v) is 7.87. The van der Waals surface area contributed by atoms with Crippen molar-refractivity contribution in [2.75, 3.05) is 26.2 Å². The molecule has 0 radical (unpaired) electrons. The normalized spacial score (nSPS) is 18.6. The first-order valence-corrected chi connectivity index (χ1v) is 18.1. The van der Waals surface area contributed by atoms with Gasteiger partial charge in [0.1, 0.15) is 0 Å². The molecule has 1 N–H and O–H groups in total. The van der Waals surface area contributed by atoms with Gasteiger partial charge in [-0.3, -0.25) is 14.0 Å². The Morgan fingerprint density at radius 2 is 0.979 bits per heavy atom. The summed E-state index contributed by atoms with van der Waals surface area (Å²) in [7, 11) is -3.77. The quantitative estimate of drug-likeness (QED) is 0.166. The second kappa shape index (κ2) is 15.9. The molecular weight excluding hydrogens is 617 g/mol. The second-order valence-electron chi connectivity index (χ2n) is 12.7. The van der Waals surface area contributed by atoms with Crippen LogP contribution in [0.4, 0.5) is 0 Å². The topological polar surface area (TPSA) is 70.1 Å². The largest absolute Gasteiger partial charge is 0.392 e. The van der Waals surface area contributed by atoms with Crippen LogP contribution in [0.15, 0.2) is 150 Å². The SMILES string of the molecule is Cc1ccc(S(=O)(=O)O[C@H]2CCN(C(c3ccccc3)c3ccccc3)C2)cc1.O[C@H]1CCN(C(c2ccccc2)c2ccccc2)C1. The standard InChI is InChI=1S/C24H25NO3S.C17H19NO/c1-19-12-14-23(15-13-19)29(26,27)28-22-16-17-25(18-22)24(20-8-4-2-5-9-20)21-10-6-3-7-11-21;19-16-11-12-18(13-16)17(14-7-3-1-4-8-14)15-9-5-2-6-10-15/h2-15,22,24H,16-18H2,1H3;1-10,16-17,19H,11-13H2/t22-;16-/m00/s1. The van der Waals surface area contributed by atoms with Crippen LogP contribution in [0.1, 0.15) is 52.7 Å². The molecule has 6 nitrogen and oxygen atoms in total. The van der Waals surface area contributed by atoms with Crippen LogP contribution in [0, 0.1) is 6.92 Å². The average molecular weight is 661 g/mol. The molecule has 0 bridgehead atoms. The number of hydrogen-bond donors (Lipinski definition) is 1. The molecule has 2 heterocycles. The number of benzene rings is 5. The Hall–Kier alpha value is -4.11. The zero-order chi connectivity index (χ0) is 33.3. The van der Waals surface area contributed by atoms with E-state index in [1.165, 1.54) is 22.3 Å². The maximum absolute atomic E-state index is 12.7. The van der Waals surface area contributed by atoms with Crippen molar-refractivity contribution in [1.29, 1.82) is 0 Å². The molecule has 7 rings (SSSR count). The fourth-order valence-electron chi connectivity index (χ4n) is 6.78. The van der Waals surface area contributed by atoms with Crippen LogP contribution in [0.2, 0.25) is 0 Å². The van der Waals surface area contributed by atoms with E-state index in [2.05, 4.69) is 82.6 Å². The second-order valence-corrected chi connectivity index (χ2v) is 14.2. The van der Waals surface area contributed by atoms with Crippen molar-refractivity contribution in [3.05, 3.63) is 173 Å². The summed E-state index contributed by atoms with van der Waals surface area (Å²) < 4.78 is 31.0. The maximum atomic E-state index is 12.7. The van der Waals surface area contributed by atoms with E-state index in [-0.39, 0.29) is 29.2 Å². The first-order valence-electron chi connectivity index (χ1n) is 16.7. The molecule has 0 unspecified atom stereocenters. The summed E-state index contributed by atoms with van der Waals surface area (Å²) >= 11 is 0. The summed E-state index contributed by atoms with van der Waals surface area (Å²) in [5.41, 5.74) is 6.00. The van der Waals surface area contributed by atoms with Gasteiger partial charge in [-0.25, -0.2) is 0 Å². The van der Waals surface area contributed by atoms with Gasteiger partial charge in [-0.2, -0.15) is 8.42 Å². The van der Waals surface area contributed by atoms with Crippen LogP contribution in [0.25, 0.3) is 0 Å². The van der Waals surface area contributed by atoms with E-state index in [0.29, 0.717) is 13.0 Å². The third kappa shape index (κ3) is 8.48. The molecule has 2 atom stereocenters. The molecule has 5 aromatic rings. The number of hydrogen-bond acceptors (Lipinski definition) is 6. The number of rotatable bonds is 9. The molecule has 0 spiro atoms. The summed E-state index contributed by atoms with van der Waals surface area (Å²) in [4.78, 5) is 4.89. The highest BCUT2D eigenvalue weighted by atomic mass is 32.2. The first kappa shape index (κ1) is 33.8. The van der Waals surface area contributed by atoms with Crippen LogP contribution in [-0.4, -0.2) is 61.7 Å². The molecule has 5 aromatic carbocycles. The maximum Gasteiger partial charge on any atom is 0.297 e. The summed E-state index contributed by atoms with van der Waals surface area (Å²) in [6.07, 6.45) is 1.02. The molecule has 7 heteroatoms. The third-order valence-corrected chi connectivity index (χ3v) is 10.5. The van der Waals surface area contributed by atoms with Gasteiger partial charge in [0, 0.05) is 26.2 Å². The molecular formula is C41H44N2O4S. The number of aliphatic hydroxyl groups excluding tert-OH is 1. The lowest BCUT2D eigenvalue weighted by Crippen LogP contribution is -2.29. The zero-order valence-corrected chi connectivity index (χ0v) is 28.2. The van der Waals surface area contributed by atoms with Crippen molar-refractivity contribution in [2.45, 2.75) is 49.0 Å². The van der Waals surface area contributed by atoms with Gasteiger partial charge in [0.2, 0.25) is 0 Å². The van der Waals surface area contributed by atoms with Crippen molar-refractivity contribution in [1.82, 2.24) is 9.80 Å². The molecule has 0 saturated carbocycles. The van der Waals surface area contributed by atoms with Crippen molar-refractivity contribution in [3.8, 4) is 0 Å². The Balaban J connectivity index is 0.000000182. The highest BCUT2D eigenvalue weighted by molar-refractivity contribution is 7.86. The predicted octanol–water partition coefficient (Wildman–Crippen LogP) is 7.41. The molecule has 2 aliphatic heterocycles. The molecule has 248 valence electrons. The summed E-state index contributed by atoms with van der Waals surface area (Å²) in [5, 5.41) is 9.80. The lowest BCUT2D eigenvalue weighted by atomic mass is 9.97. The van der Waals surface area contributed by atoms with Crippen LogP contribution >= 0.6 is 0 Å². The van der Waals surface area contributed by atoms with Gasteiger partial charge < -0.3 is 5.11 Å². The van der Waals surface area contributed by atoms with Gasteiger partial charge >= 0.3 is 0 Å². The summed E-state index contributed by atoms with van der Waals surface area (Å²) in [6, 6.07) is 48.9. The Bertz CT molecular complexity index is 1730.